The van der Waals surface area contributed by atoms with Crippen molar-refractivity contribution >= 4 is 0 Å². The molecule has 3 aromatic carbocycles. The molecular formula is C27H28N8. The summed E-state index contributed by atoms with van der Waals surface area (Å²) in [5.41, 5.74) is 6.70. The maximum Gasteiger partial charge on any atom is 0.0650 e. The molecule has 6 aromatic rings. The lowest BCUT2D eigenvalue weighted by atomic mass is 10.2. The molecule has 0 aliphatic rings. The summed E-state index contributed by atoms with van der Waals surface area (Å²) in [4.78, 5) is 0. The Balaban J connectivity index is 0.000000142. The van der Waals surface area contributed by atoms with Crippen LogP contribution in [0.4, 0.5) is 0 Å². The Morgan fingerprint density at radius 2 is 0.629 bits per heavy atom. The molecule has 0 bridgehead atoms. The highest BCUT2D eigenvalue weighted by atomic mass is 15.1. The molecule has 0 radical (unpaired) electrons. The summed E-state index contributed by atoms with van der Waals surface area (Å²) in [6, 6.07) is 36.2. The van der Waals surface area contributed by atoms with Gasteiger partial charge >= 0.3 is 0 Å². The minimum Gasteiger partial charge on any atom is -0.278 e. The predicted octanol–water partition coefficient (Wildman–Crippen LogP) is 5.05. The zero-order chi connectivity index (χ0) is 24.6. The molecule has 0 amide bonds. The molecule has 35 heavy (non-hydrogen) atoms. The van der Waals surface area contributed by atoms with Gasteiger partial charge in [0.25, 0.3) is 0 Å². The lowest BCUT2D eigenvalue weighted by molar-refractivity contribution is 1.10. The Labute approximate surface area is 204 Å². The van der Waals surface area contributed by atoms with Crippen molar-refractivity contribution in [2.45, 2.75) is 0 Å². The van der Waals surface area contributed by atoms with Gasteiger partial charge in [-0.15, -0.1) is 0 Å². The van der Waals surface area contributed by atoms with Crippen LogP contribution in [-0.2, 0) is 0 Å². The van der Waals surface area contributed by atoms with Gasteiger partial charge in [0.05, 0.1) is 17.1 Å². The quantitative estimate of drug-likeness (QED) is 0.184. The number of H-pyrrole nitrogens is 3. The molecule has 0 saturated heterocycles. The number of hydrogen-bond acceptors (Lipinski definition) is 5. The second kappa shape index (κ2) is 14.4. The number of aromatic amines is 3. The largest absolute Gasteiger partial charge is 0.278 e. The van der Waals surface area contributed by atoms with Gasteiger partial charge in [0, 0.05) is 18.6 Å². The number of rotatable bonds is 3. The van der Waals surface area contributed by atoms with Crippen LogP contribution in [-0.4, -0.2) is 30.6 Å². The van der Waals surface area contributed by atoms with Gasteiger partial charge < -0.3 is 0 Å². The number of nitrogens with one attached hydrogen (secondary N) is 3. The molecule has 6 rings (SSSR count). The highest BCUT2D eigenvalue weighted by Gasteiger charge is 1.95. The first-order chi connectivity index (χ1) is 17.4. The van der Waals surface area contributed by atoms with E-state index < -0.39 is 0 Å². The predicted molar refractivity (Wildman–Crippen MR) is 140 cm³/mol. The van der Waals surface area contributed by atoms with E-state index in [4.69, 9.17) is 0 Å². The average molecular weight is 465 g/mol. The van der Waals surface area contributed by atoms with Gasteiger partial charge in [-0.1, -0.05) is 91.0 Å². The van der Waals surface area contributed by atoms with Crippen LogP contribution in [0.1, 0.15) is 0 Å². The highest BCUT2D eigenvalue weighted by Crippen LogP contribution is 2.15. The highest BCUT2D eigenvalue weighted by molar-refractivity contribution is 5.59. The third-order valence-corrected chi connectivity index (χ3v) is 4.76. The minimum atomic E-state index is 1.06. The van der Waals surface area contributed by atoms with E-state index in [1.807, 2.05) is 109 Å². The third kappa shape index (κ3) is 7.93. The molecule has 3 aromatic heterocycles. The molecule has 8 nitrogen and oxygen atoms in total. The normalized spacial score (nSPS) is 9.43. The van der Waals surface area contributed by atoms with Crippen LogP contribution in [0, 0.1) is 0 Å². The molecule has 3 heterocycles. The summed E-state index contributed by atoms with van der Waals surface area (Å²) in [6.07, 6.45) is 5.26. The van der Waals surface area contributed by atoms with Crippen molar-refractivity contribution in [1.82, 2.24) is 30.6 Å². The van der Waals surface area contributed by atoms with Gasteiger partial charge in [0.1, 0.15) is 0 Å². The Bertz CT molecular complexity index is 1100. The van der Waals surface area contributed by atoms with Crippen molar-refractivity contribution < 1.29 is 0 Å². The average Bonchev–Trinajstić information content (AvgIpc) is 3.76. The summed E-state index contributed by atoms with van der Waals surface area (Å²) in [5.74, 6) is 8.00. The van der Waals surface area contributed by atoms with Crippen LogP contribution in [0.3, 0.4) is 0 Å². The first kappa shape index (κ1) is 24.8. The fourth-order valence-electron chi connectivity index (χ4n) is 3.10. The summed E-state index contributed by atoms with van der Waals surface area (Å²) < 4.78 is 0. The number of aromatic nitrogens is 6. The Morgan fingerprint density at radius 1 is 0.371 bits per heavy atom. The molecule has 0 aliphatic carbocycles. The van der Waals surface area contributed by atoms with Crippen molar-refractivity contribution in [3.63, 3.8) is 0 Å². The summed E-state index contributed by atoms with van der Waals surface area (Å²) in [7, 11) is 0. The van der Waals surface area contributed by atoms with Crippen molar-refractivity contribution in [2.24, 2.45) is 11.7 Å². The standard InChI is InChI=1S/3C9H8N2.H4N2/c3*1-2-4-8(5-3-1)9-6-7-10-11-9;1-2/h3*1-7H,(H,10,11);1-2H2. The van der Waals surface area contributed by atoms with Gasteiger partial charge in [-0.3, -0.25) is 27.0 Å². The van der Waals surface area contributed by atoms with Gasteiger partial charge in [-0.05, 0) is 34.9 Å². The summed E-state index contributed by atoms with van der Waals surface area (Å²) in [5, 5.41) is 20.3. The van der Waals surface area contributed by atoms with E-state index in [1.54, 1.807) is 18.6 Å². The van der Waals surface area contributed by atoms with Crippen LogP contribution in [0.15, 0.2) is 128 Å². The van der Waals surface area contributed by atoms with Crippen LogP contribution in [0.5, 0.6) is 0 Å². The maximum absolute atomic E-state index is 4.00. The van der Waals surface area contributed by atoms with E-state index >= 15 is 0 Å². The first-order valence-electron chi connectivity index (χ1n) is 10.9. The van der Waals surface area contributed by atoms with Gasteiger partial charge in [-0.25, -0.2) is 0 Å². The molecule has 0 saturated carbocycles. The molecule has 8 heteroatoms. The topological polar surface area (TPSA) is 138 Å². The number of hydrazine groups is 1. The minimum absolute atomic E-state index is 1.06. The summed E-state index contributed by atoms with van der Waals surface area (Å²) in [6.45, 7) is 0. The van der Waals surface area contributed by atoms with Crippen LogP contribution >= 0.6 is 0 Å². The van der Waals surface area contributed by atoms with E-state index in [9.17, 15) is 0 Å². The molecule has 0 spiro atoms. The number of hydrogen-bond donors (Lipinski definition) is 5. The Hall–Kier alpha value is -4.79. The second-order valence-corrected chi connectivity index (χ2v) is 7.01. The lowest BCUT2D eigenvalue weighted by Crippen LogP contribution is -2.02. The summed E-state index contributed by atoms with van der Waals surface area (Å²) >= 11 is 0. The molecule has 0 atom stereocenters. The van der Waals surface area contributed by atoms with E-state index in [2.05, 4.69) is 42.3 Å². The van der Waals surface area contributed by atoms with Gasteiger partial charge in [0.15, 0.2) is 0 Å². The van der Waals surface area contributed by atoms with E-state index in [-0.39, 0.29) is 0 Å². The monoisotopic (exact) mass is 464 g/mol. The zero-order valence-electron chi connectivity index (χ0n) is 19.1. The fraction of sp³-hybridized carbons (Fsp3) is 0. The second-order valence-electron chi connectivity index (χ2n) is 7.01. The molecule has 176 valence electrons. The van der Waals surface area contributed by atoms with Crippen molar-refractivity contribution in [3.8, 4) is 33.8 Å². The van der Waals surface area contributed by atoms with Gasteiger partial charge in [-0.2, -0.15) is 15.3 Å². The maximum atomic E-state index is 4.00. The number of nitrogens with zero attached hydrogens (tertiary/aromatic N) is 3. The van der Waals surface area contributed by atoms with Crippen molar-refractivity contribution in [3.05, 3.63) is 128 Å². The smallest absolute Gasteiger partial charge is 0.0650 e. The number of nitrogens with two attached hydrogens (primary N) is 2. The molecule has 7 N–H and O–H groups in total. The number of benzene rings is 3. The molecule has 0 aliphatic heterocycles. The molecule has 0 fully saturated rings. The Kier molecular flexibility index (Phi) is 10.2. The van der Waals surface area contributed by atoms with E-state index in [0.717, 1.165) is 17.1 Å². The Morgan fingerprint density at radius 3 is 0.829 bits per heavy atom. The van der Waals surface area contributed by atoms with E-state index in [1.165, 1.54) is 16.7 Å². The SMILES string of the molecule is NN.c1ccc(-c2ccn[nH]2)cc1.c1ccc(-c2ccn[nH]2)cc1.c1ccc(-c2ccn[nH]2)cc1. The first-order valence-corrected chi connectivity index (χ1v) is 10.9. The van der Waals surface area contributed by atoms with E-state index in [0.29, 0.717) is 0 Å². The lowest BCUT2D eigenvalue weighted by Gasteiger charge is -1.93. The van der Waals surface area contributed by atoms with Gasteiger partial charge in [0.2, 0.25) is 0 Å². The van der Waals surface area contributed by atoms with Crippen LogP contribution in [0.25, 0.3) is 33.8 Å². The van der Waals surface area contributed by atoms with Crippen molar-refractivity contribution in [1.29, 1.82) is 0 Å². The third-order valence-electron chi connectivity index (χ3n) is 4.76. The molecule has 0 unspecified atom stereocenters. The van der Waals surface area contributed by atoms with Crippen LogP contribution < -0.4 is 11.7 Å². The fourth-order valence-corrected chi connectivity index (χ4v) is 3.10. The van der Waals surface area contributed by atoms with Crippen molar-refractivity contribution in [2.75, 3.05) is 0 Å². The van der Waals surface area contributed by atoms with Crippen LogP contribution in [0.2, 0.25) is 0 Å². The molecular weight excluding hydrogens is 436 g/mol. The zero-order valence-corrected chi connectivity index (χ0v) is 19.1.